The number of rotatable bonds is 5. The van der Waals surface area contributed by atoms with Crippen LogP contribution in [0.15, 0.2) is 61.2 Å². The monoisotopic (exact) mass is 432 g/mol. The number of hydrogen-bond acceptors (Lipinski definition) is 4. The van der Waals surface area contributed by atoms with E-state index in [1.807, 2.05) is 62.4 Å². The molecule has 0 bridgehead atoms. The summed E-state index contributed by atoms with van der Waals surface area (Å²) in [5.74, 6) is -0.241. The fourth-order valence-electron chi connectivity index (χ4n) is 3.97. The van der Waals surface area contributed by atoms with Crippen LogP contribution in [0.5, 0.6) is 0 Å². The Morgan fingerprint density at radius 2 is 1.97 bits per heavy atom. The van der Waals surface area contributed by atoms with Gasteiger partial charge in [0.1, 0.15) is 12.7 Å². The summed E-state index contributed by atoms with van der Waals surface area (Å²) in [6.07, 6.45) is 4.72. The highest BCUT2D eigenvalue weighted by molar-refractivity contribution is 5.90. The minimum absolute atomic E-state index is 0.0223. The first-order valence-corrected chi connectivity index (χ1v) is 10.9. The van der Waals surface area contributed by atoms with Crippen LogP contribution in [-0.2, 0) is 4.79 Å². The van der Waals surface area contributed by atoms with E-state index in [0.717, 1.165) is 35.3 Å². The number of anilines is 1. The van der Waals surface area contributed by atoms with Crippen molar-refractivity contribution < 1.29 is 9.59 Å². The largest absolute Gasteiger partial charge is 0.349 e. The molecule has 2 N–H and O–H groups in total. The van der Waals surface area contributed by atoms with E-state index in [9.17, 15) is 9.59 Å². The zero-order chi connectivity index (χ0) is 22.5. The van der Waals surface area contributed by atoms with Crippen molar-refractivity contribution in [2.45, 2.75) is 32.7 Å². The van der Waals surface area contributed by atoms with E-state index in [0.29, 0.717) is 13.1 Å². The number of piperidine rings is 1. The van der Waals surface area contributed by atoms with Crippen LogP contribution in [0.4, 0.5) is 10.5 Å². The van der Waals surface area contributed by atoms with Gasteiger partial charge in [0.05, 0.1) is 17.6 Å². The minimum Gasteiger partial charge on any atom is -0.349 e. The summed E-state index contributed by atoms with van der Waals surface area (Å²) in [5, 5.41) is 10.2. The van der Waals surface area contributed by atoms with Crippen LogP contribution in [0.3, 0.4) is 0 Å². The molecule has 2 aromatic carbocycles. The zero-order valence-corrected chi connectivity index (χ0v) is 18.4. The predicted octanol–water partition coefficient (Wildman–Crippen LogP) is 3.70. The van der Waals surface area contributed by atoms with Crippen molar-refractivity contribution in [2.75, 3.05) is 18.4 Å². The van der Waals surface area contributed by atoms with Crippen LogP contribution in [0.2, 0.25) is 0 Å². The second kappa shape index (κ2) is 9.64. The highest BCUT2D eigenvalue weighted by Crippen LogP contribution is 2.21. The average molecular weight is 433 g/mol. The van der Waals surface area contributed by atoms with Gasteiger partial charge in [0.15, 0.2) is 0 Å². The van der Waals surface area contributed by atoms with Crippen molar-refractivity contribution in [1.82, 2.24) is 25.0 Å². The Hall–Kier alpha value is -3.68. The molecule has 0 saturated carbocycles. The molecule has 1 saturated heterocycles. The lowest BCUT2D eigenvalue weighted by atomic mass is 9.96. The van der Waals surface area contributed by atoms with Gasteiger partial charge in [-0.3, -0.25) is 4.79 Å². The standard InChI is InChI=1S/C24H28N6O2/c1-17-5-3-7-21(13-17)28-24(32)29-12-4-6-20(14-29)23(31)27-18(2)19-8-10-22(11-9-19)30-16-25-15-26-30/h3,5,7-11,13,15-16,18,20H,4,6,12,14H2,1-2H3,(H,27,31)(H,28,32). The van der Waals surface area contributed by atoms with Crippen LogP contribution < -0.4 is 10.6 Å². The van der Waals surface area contributed by atoms with Crippen LogP contribution >= 0.6 is 0 Å². The number of urea groups is 1. The van der Waals surface area contributed by atoms with Crippen molar-refractivity contribution in [3.8, 4) is 5.69 Å². The first-order valence-electron chi connectivity index (χ1n) is 10.9. The van der Waals surface area contributed by atoms with Gasteiger partial charge in [-0.15, -0.1) is 0 Å². The molecule has 0 spiro atoms. The van der Waals surface area contributed by atoms with Gasteiger partial charge in [0.25, 0.3) is 0 Å². The molecule has 2 heterocycles. The molecular weight excluding hydrogens is 404 g/mol. The topological polar surface area (TPSA) is 92.2 Å². The molecule has 166 valence electrons. The Bertz CT molecular complexity index is 1060. The smallest absolute Gasteiger partial charge is 0.321 e. The lowest BCUT2D eigenvalue weighted by molar-refractivity contribution is -0.126. The quantitative estimate of drug-likeness (QED) is 0.643. The minimum atomic E-state index is -0.219. The Balaban J connectivity index is 1.33. The second-order valence-electron chi connectivity index (χ2n) is 8.25. The molecule has 1 fully saturated rings. The highest BCUT2D eigenvalue weighted by atomic mass is 16.2. The van der Waals surface area contributed by atoms with Gasteiger partial charge in [-0.05, 0) is 62.1 Å². The summed E-state index contributed by atoms with van der Waals surface area (Å²) in [7, 11) is 0. The van der Waals surface area contributed by atoms with Gasteiger partial charge < -0.3 is 15.5 Å². The first kappa shape index (κ1) is 21.5. The fraction of sp³-hybridized carbons (Fsp3) is 0.333. The molecule has 3 amide bonds. The third-order valence-electron chi connectivity index (χ3n) is 5.78. The van der Waals surface area contributed by atoms with Crippen LogP contribution in [-0.4, -0.2) is 44.7 Å². The maximum atomic E-state index is 12.9. The van der Waals surface area contributed by atoms with Crippen LogP contribution in [0, 0.1) is 12.8 Å². The van der Waals surface area contributed by atoms with Gasteiger partial charge in [0.2, 0.25) is 5.91 Å². The number of carbonyl (C=O) groups excluding carboxylic acids is 2. The van der Waals surface area contributed by atoms with E-state index < -0.39 is 0 Å². The number of likely N-dealkylation sites (tertiary alicyclic amines) is 1. The van der Waals surface area contributed by atoms with E-state index in [1.165, 1.54) is 6.33 Å². The maximum absolute atomic E-state index is 12.9. The number of benzene rings is 2. The average Bonchev–Trinajstić information content (AvgIpc) is 3.34. The number of hydrogen-bond donors (Lipinski definition) is 2. The molecule has 1 aliphatic heterocycles. The lowest BCUT2D eigenvalue weighted by Gasteiger charge is -2.32. The maximum Gasteiger partial charge on any atom is 0.321 e. The number of carbonyl (C=O) groups is 2. The normalized spacial score (nSPS) is 16.9. The van der Waals surface area contributed by atoms with E-state index in [1.54, 1.807) is 15.9 Å². The van der Waals surface area contributed by atoms with E-state index in [-0.39, 0.29) is 23.9 Å². The summed E-state index contributed by atoms with van der Waals surface area (Å²) in [4.78, 5) is 31.3. The molecule has 8 nitrogen and oxygen atoms in total. The van der Waals surface area contributed by atoms with E-state index in [2.05, 4.69) is 20.7 Å². The molecule has 4 rings (SSSR count). The highest BCUT2D eigenvalue weighted by Gasteiger charge is 2.29. The van der Waals surface area contributed by atoms with Crippen LogP contribution in [0.1, 0.15) is 36.9 Å². The predicted molar refractivity (Wildman–Crippen MR) is 122 cm³/mol. The van der Waals surface area contributed by atoms with Gasteiger partial charge >= 0.3 is 6.03 Å². The summed E-state index contributed by atoms with van der Waals surface area (Å²) < 4.78 is 1.69. The zero-order valence-electron chi connectivity index (χ0n) is 18.4. The molecule has 32 heavy (non-hydrogen) atoms. The number of nitrogens with one attached hydrogen (secondary N) is 2. The van der Waals surface area contributed by atoms with Gasteiger partial charge in [-0.1, -0.05) is 24.3 Å². The molecule has 2 atom stereocenters. The lowest BCUT2D eigenvalue weighted by Crippen LogP contribution is -2.47. The van der Waals surface area contributed by atoms with Crippen LogP contribution in [0.25, 0.3) is 5.69 Å². The van der Waals surface area contributed by atoms with Gasteiger partial charge in [0, 0.05) is 18.8 Å². The second-order valence-corrected chi connectivity index (χ2v) is 8.25. The van der Waals surface area contributed by atoms with Gasteiger partial charge in [-0.25, -0.2) is 14.5 Å². The van der Waals surface area contributed by atoms with Crippen molar-refractivity contribution in [1.29, 1.82) is 0 Å². The molecule has 0 aliphatic carbocycles. The Labute approximate surface area is 187 Å². The van der Waals surface area contributed by atoms with Crippen molar-refractivity contribution in [2.24, 2.45) is 5.92 Å². The number of aryl methyl sites for hydroxylation is 1. The summed E-state index contributed by atoms with van der Waals surface area (Å²) in [5.41, 5.74) is 3.77. The number of aromatic nitrogens is 3. The molecular formula is C24H28N6O2. The first-order chi connectivity index (χ1) is 15.5. The fourth-order valence-corrected chi connectivity index (χ4v) is 3.97. The molecule has 1 aliphatic rings. The molecule has 8 heteroatoms. The van der Waals surface area contributed by atoms with Crippen molar-refractivity contribution in [3.05, 3.63) is 72.3 Å². The van der Waals surface area contributed by atoms with E-state index >= 15 is 0 Å². The molecule has 2 unspecified atom stereocenters. The number of amides is 3. The molecule has 0 radical (unpaired) electrons. The van der Waals surface area contributed by atoms with Crippen molar-refractivity contribution >= 4 is 17.6 Å². The summed E-state index contributed by atoms with van der Waals surface area (Å²) in [6.45, 7) is 5.02. The summed E-state index contributed by atoms with van der Waals surface area (Å²) in [6, 6.07) is 15.3. The molecule has 1 aromatic heterocycles. The summed E-state index contributed by atoms with van der Waals surface area (Å²) >= 11 is 0. The van der Waals surface area contributed by atoms with Gasteiger partial charge in [-0.2, -0.15) is 5.10 Å². The van der Waals surface area contributed by atoms with E-state index in [4.69, 9.17) is 0 Å². The SMILES string of the molecule is Cc1cccc(NC(=O)N2CCCC(C(=O)NC(C)c3ccc(-n4cncn4)cc3)C2)c1. The Kier molecular flexibility index (Phi) is 6.49. The third kappa shape index (κ3) is 5.14. The Morgan fingerprint density at radius 3 is 2.69 bits per heavy atom. The molecule has 3 aromatic rings. The Morgan fingerprint density at radius 1 is 1.16 bits per heavy atom. The van der Waals surface area contributed by atoms with Crippen molar-refractivity contribution in [3.63, 3.8) is 0 Å². The number of nitrogens with zero attached hydrogens (tertiary/aromatic N) is 4. The third-order valence-corrected chi connectivity index (χ3v) is 5.78.